The number of rotatable bonds is 4. The maximum Gasteiger partial charge on any atom is 0.224 e. The molecule has 3 nitrogen and oxygen atoms in total. The Labute approximate surface area is 125 Å². The fourth-order valence-electron chi connectivity index (χ4n) is 2.05. The molecule has 3 aromatic rings. The summed E-state index contributed by atoms with van der Waals surface area (Å²) in [6.07, 6.45) is 0.0393. The normalized spacial score (nSPS) is 10.7. The smallest absolute Gasteiger partial charge is 0.224 e. The van der Waals surface area contributed by atoms with Crippen LogP contribution in [-0.4, -0.2) is 10.9 Å². The first-order chi connectivity index (χ1) is 10.2. The zero-order valence-electron chi connectivity index (χ0n) is 11.2. The minimum atomic E-state index is -0.354. The van der Waals surface area contributed by atoms with Gasteiger partial charge in [0, 0.05) is 0 Å². The average Bonchev–Trinajstić information content (AvgIpc) is 2.90. The van der Waals surface area contributed by atoms with Crippen molar-refractivity contribution in [2.45, 2.75) is 13.0 Å². The second kappa shape index (κ2) is 6.01. The van der Waals surface area contributed by atoms with Gasteiger partial charge in [0.05, 0.1) is 23.2 Å². The third-order valence-corrected chi connectivity index (χ3v) is 4.12. The lowest BCUT2D eigenvalue weighted by atomic mass is 10.1. The Morgan fingerprint density at radius 2 is 1.90 bits per heavy atom. The first-order valence-corrected chi connectivity index (χ1v) is 7.38. The van der Waals surface area contributed by atoms with Crippen LogP contribution in [-0.2, 0) is 17.8 Å². The van der Waals surface area contributed by atoms with Gasteiger partial charge < -0.3 is 5.32 Å². The molecule has 1 amide bonds. The molecule has 3 rings (SSSR count). The summed E-state index contributed by atoms with van der Waals surface area (Å²) in [6, 6.07) is 14.1. The SMILES string of the molecule is O=C(Cc1ccccc1F)NCc1nc2ccccc2s1. The molecule has 0 radical (unpaired) electrons. The topological polar surface area (TPSA) is 42.0 Å². The lowest BCUT2D eigenvalue weighted by Crippen LogP contribution is -2.24. The number of para-hydroxylation sites is 1. The maximum absolute atomic E-state index is 13.5. The molecular weight excluding hydrogens is 287 g/mol. The molecule has 21 heavy (non-hydrogen) atoms. The van der Waals surface area contributed by atoms with Crippen molar-refractivity contribution < 1.29 is 9.18 Å². The highest BCUT2D eigenvalue weighted by atomic mass is 32.1. The number of halogens is 1. The number of carbonyl (C=O) groups excluding carboxylic acids is 1. The van der Waals surface area contributed by atoms with Gasteiger partial charge in [-0.1, -0.05) is 30.3 Å². The van der Waals surface area contributed by atoms with E-state index in [9.17, 15) is 9.18 Å². The van der Waals surface area contributed by atoms with Gasteiger partial charge in [-0.25, -0.2) is 9.37 Å². The number of hydrogen-bond acceptors (Lipinski definition) is 3. The predicted molar refractivity (Wildman–Crippen MR) is 81.6 cm³/mol. The number of benzene rings is 2. The van der Waals surface area contributed by atoms with E-state index >= 15 is 0 Å². The van der Waals surface area contributed by atoms with Gasteiger partial charge in [0.25, 0.3) is 0 Å². The lowest BCUT2D eigenvalue weighted by molar-refractivity contribution is -0.120. The fraction of sp³-hybridized carbons (Fsp3) is 0.125. The summed E-state index contributed by atoms with van der Waals surface area (Å²) in [6.45, 7) is 0.368. The lowest BCUT2D eigenvalue weighted by Gasteiger charge is -2.04. The van der Waals surface area contributed by atoms with Gasteiger partial charge in [-0.05, 0) is 23.8 Å². The third kappa shape index (κ3) is 3.25. The molecule has 1 heterocycles. The van der Waals surface area contributed by atoms with Gasteiger partial charge >= 0.3 is 0 Å². The van der Waals surface area contributed by atoms with Crippen molar-refractivity contribution in [1.82, 2.24) is 10.3 Å². The fourth-order valence-corrected chi connectivity index (χ4v) is 2.95. The zero-order chi connectivity index (χ0) is 14.7. The largest absolute Gasteiger partial charge is 0.349 e. The van der Waals surface area contributed by atoms with Crippen LogP contribution < -0.4 is 5.32 Å². The van der Waals surface area contributed by atoms with Gasteiger partial charge in [-0.15, -0.1) is 11.3 Å². The number of fused-ring (bicyclic) bond motifs is 1. The number of hydrogen-bond donors (Lipinski definition) is 1. The predicted octanol–water partition coefficient (Wildman–Crippen LogP) is 3.29. The Balaban J connectivity index is 1.62. The van der Waals surface area contributed by atoms with Crippen molar-refractivity contribution in [2.75, 3.05) is 0 Å². The highest BCUT2D eigenvalue weighted by Crippen LogP contribution is 2.21. The summed E-state index contributed by atoms with van der Waals surface area (Å²) in [4.78, 5) is 16.3. The minimum absolute atomic E-state index is 0.0393. The van der Waals surface area contributed by atoms with Crippen LogP contribution in [0.15, 0.2) is 48.5 Å². The van der Waals surface area contributed by atoms with Crippen LogP contribution in [0, 0.1) is 5.82 Å². The Morgan fingerprint density at radius 3 is 2.71 bits per heavy atom. The molecule has 0 aliphatic carbocycles. The molecule has 0 aliphatic heterocycles. The minimum Gasteiger partial charge on any atom is -0.349 e. The van der Waals surface area contributed by atoms with E-state index in [0.29, 0.717) is 12.1 Å². The molecular formula is C16H13FN2OS. The van der Waals surface area contributed by atoms with E-state index in [-0.39, 0.29) is 18.1 Å². The van der Waals surface area contributed by atoms with Gasteiger partial charge in [-0.2, -0.15) is 0 Å². The van der Waals surface area contributed by atoms with E-state index < -0.39 is 0 Å². The first-order valence-electron chi connectivity index (χ1n) is 6.57. The highest BCUT2D eigenvalue weighted by molar-refractivity contribution is 7.18. The number of thiazole rings is 1. The average molecular weight is 300 g/mol. The molecule has 0 saturated heterocycles. The molecule has 0 aliphatic rings. The summed E-state index contributed by atoms with van der Waals surface area (Å²) >= 11 is 1.55. The monoisotopic (exact) mass is 300 g/mol. The Morgan fingerprint density at radius 1 is 1.14 bits per heavy atom. The van der Waals surface area contributed by atoms with Crippen LogP contribution in [0.4, 0.5) is 4.39 Å². The second-order valence-electron chi connectivity index (χ2n) is 4.62. The number of carbonyl (C=O) groups is 1. The van der Waals surface area contributed by atoms with Gasteiger partial charge in [0.2, 0.25) is 5.91 Å². The Hall–Kier alpha value is -2.27. The molecule has 2 aromatic carbocycles. The van der Waals surface area contributed by atoms with Crippen LogP contribution in [0.1, 0.15) is 10.6 Å². The number of nitrogens with zero attached hydrogens (tertiary/aromatic N) is 1. The molecule has 0 spiro atoms. The van der Waals surface area contributed by atoms with Crippen molar-refractivity contribution in [2.24, 2.45) is 0 Å². The Kier molecular flexibility index (Phi) is 3.92. The van der Waals surface area contributed by atoms with Crippen molar-refractivity contribution >= 4 is 27.5 Å². The number of aromatic nitrogens is 1. The van der Waals surface area contributed by atoms with Crippen LogP contribution in [0.5, 0.6) is 0 Å². The molecule has 1 N–H and O–H groups in total. The molecule has 0 bridgehead atoms. The molecule has 0 unspecified atom stereocenters. The highest BCUT2D eigenvalue weighted by Gasteiger charge is 2.09. The molecule has 0 fully saturated rings. The van der Waals surface area contributed by atoms with Crippen LogP contribution in [0.2, 0.25) is 0 Å². The van der Waals surface area contributed by atoms with Gasteiger partial charge in [-0.3, -0.25) is 4.79 Å². The van der Waals surface area contributed by atoms with Crippen molar-refractivity contribution in [3.8, 4) is 0 Å². The van der Waals surface area contributed by atoms with Crippen molar-refractivity contribution in [3.63, 3.8) is 0 Å². The second-order valence-corrected chi connectivity index (χ2v) is 5.74. The van der Waals surface area contributed by atoms with E-state index in [4.69, 9.17) is 0 Å². The summed E-state index contributed by atoms with van der Waals surface area (Å²) in [7, 11) is 0. The quantitative estimate of drug-likeness (QED) is 0.803. The van der Waals surface area contributed by atoms with Crippen LogP contribution in [0.25, 0.3) is 10.2 Å². The van der Waals surface area contributed by atoms with Gasteiger partial charge in [0.1, 0.15) is 10.8 Å². The van der Waals surface area contributed by atoms with Crippen LogP contribution >= 0.6 is 11.3 Å². The van der Waals surface area contributed by atoms with E-state index in [1.54, 1.807) is 29.5 Å². The van der Waals surface area contributed by atoms with E-state index in [1.165, 1.54) is 6.07 Å². The van der Waals surface area contributed by atoms with E-state index in [2.05, 4.69) is 10.3 Å². The van der Waals surface area contributed by atoms with Crippen LogP contribution in [0.3, 0.4) is 0 Å². The maximum atomic E-state index is 13.5. The molecule has 0 saturated carbocycles. The van der Waals surface area contributed by atoms with E-state index in [0.717, 1.165) is 15.2 Å². The Bertz CT molecular complexity index is 752. The number of nitrogens with one attached hydrogen (secondary N) is 1. The van der Waals surface area contributed by atoms with Crippen molar-refractivity contribution in [1.29, 1.82) is 0 Å². The molecule has 5 heteroatoms. The zero-order valence-corrected chi connectivity index (χ0v) is 12.0. The van der Waals surface area contributed by atoms with E-state index in [1.807, 2.05) is 24.3 Å². The molecule has 106 valence electrons. The van der Waals surface area contributed by atoms with Gasteiger partial charge in [0.15, 0.2) is 0 Å². The third-order valence-electron chi connectivity index (χ3n) is 3.08. The number of amides is 1. The molecule has 1 aromatic heterocycles. The summed E-state index contributed by atoms with van der Waals surface area (Å²) in [5.74, 6) is -0.563. The first kappa shape index (κ1) is 13.7. The molecule has 0 atom stereocenters. The summed E-state index contributed by atoms with van der Waals surface area (Å²) in [5, 5.41) is 3.62. The summed E-state index contributed by atoms with van der Waals surface area (Å²) < 4.78 is 14.6. The summed E-state index contributed by atoms with van der Waals surface area (Å²) in [5.41, 5.74) is 1.33. The van der Waals surface area contributed by atoms with Crippen molar-refractivity contribution in [3.05, 3.63) is 64.9 Å². The standard InChI is InChI=1S/C16H13FN2OS/c17-12-6-2-1-5-11(12)9-15(20)18-10-16-19-13-7-3-4-8-14(13)21-16/h1-8H,9-10H2,(H,18,20).